The molecule has 8 nitrogen and oxygen atoms in total. The van der Waals surface area contributed by atoms with Gasteiger partial charge in [-0.2, -0.15) is 0 Å². The van der Waals surface area contributed by atoms with Crippen LogP contribution in [0.1, 0.15) is 26.3 Å². The lowest BCUT2D eigenvalue weighted by atomic mass is 10.0. The molecule has 1 aliphatic heterocycles. The number of fused-ring (bicyclic) bond motifs is 1. The van der Waals surface area contributed by atoms with Crippen molar-refractivity contribution in [2.24, 2.45) is 0 Å². The topological polar surface area (TPSA) is 91.0 Å². The second-order valence-electron chi connectivity index (χ2n) is 10.2. The average Bonchev–Trinajstić information content (AvgIpc) is 3.04. The van der Waals surface area contributed by atoms with Crippen LogP contribution in [-0.2, 0) is 16.1 Å². The maximum absolute atomic E-state index is 13.8. The van der Waals surface area contributed by atoms with Gasteiger partial charge in [-0.25, -0.2) is 4.79 Å². The lowest BCUT2D eigenvalue weighted by molar-refractivity contribution is -0.136. The molecule has 0 spiro atoms. The van der Waals surface area contributed by atoms with E-state index in [2.05, 4.69) is 10.6 Å². The number of rotatable bonds is 7. The molecule has 4 amide bonds. The molecule has 0 fully saturated rings. The molecule has 4 rings (SSSR count). The van der Waals surface area contributed by atoms with E-state index in [9.17, 15) is 14.4 Å². The van der Waals surface area contributed by atoms with Crippen LogP contribution in [0, 0.1) is 0 Å². The number of urea groups is 1. The van der Waals surface area contributed by atoms with Gasteiger partial charge in [0.05, 0.1) is 12.8 Å². The zero-order valence-electron chi connectivity index (χ0n) is 22.6. The number of anilines is 2. The number of hydrogen-bond donors (Lipinski definition) is 2. The largest absolute Gasteiger partial charge is 0.497 e. The Balaban J connectivity index is 1.55. The Morgan fingerprint density at radius 1 is 1.03 bits per heavy atom. The molecule has 0 aromatic heterocycles. The number of benzene rings is 3. The van der Waals surface area contributed by atoms with E-state index in [0.717, 1.165) is 10.5 Å². The molecule has 0 saturated carbocycles. The van der Waals surface area contributed by atoms with Gasteiger partial charge in [0.15, 0.2) is 0 Å². The van der Waals surface area contributed by atoms with Gasteiger partial charge in [-0.05, 0) is 50.6 Å². The molecule has 204 valence electrons. The summed E-state index contributed by atoms with van der Waals surface area (Å²) in [5.74, 6) is 0.420. The first-order valence-electron chi connectivity index (χ1n) is 12.7. The highest BCUT2D eigenvalue weighted by Crippen LogP contribution is 2.34. The van der Waals surface area contributed by atoms with E-state index in [-0.39, 0.29) is 18.4 Å². The number of thioether (sulfide) groups is 1. The molecular weight excluding hydrogens is 512 g/mol. The summed E-state index contributed by atoms with van der Waals surface area (Å²) in [6.07, 6.45) is 0. The van der Waals surface area contributed by atoms with Crippen molar-refractivity contribution in [2.75, 3.05) is 29.6 Å². The SMILES string of the molecule is COc1cccc(NC(=O)NC2CSc3ccccc3N(CC(=O)N(Cc3ccccc3)C(C)(C)C)C2=O)c1. The van der Waals surface area contributed by atoms with E-state index in [0.29, 0.717) is 29.4 Å². The molecule has 3 aromatic carbocycles. The summed E-state index contributed by atoms with van der Waals surface area (Å²) in [4.78, 5) is 44.6. The first kappa shape index (κ1) is 28.0. The molecule has 9 heteroatoms. The number of methoxy groups -OCH3 is 1. The minimum Gasteiger partial charge on any atom is -0.497 e. The Bertz CT molecular complexity index is 1330. The van der Waals surface area contributed by atoms with Crippen molar-refractivity contribution in [3.63, 3.8) is 0 Å². The van der Waals surface area contributed by atoms with Crippen LogP contribution >= 0.6 is 11.8 Å². The van der Waals surface area contributed by atoms with E-state index in [4.69, 9.17) is 4.74 Å². The smallest absolute Gasteiger partial charge is 0.319 e. The summed E-state index contributed by atoms with van der Waals surface area (Å²) < 4.78 is 5.22. The van der Waals surface area contributed by atoms with Crippen molar-refractivity contribution < 1.29 is 19.1 Å². The summed E-state index contributed by atoms with van der Waals surface area (Å²) in [5.41, 5.74) is 1.74. The number of carbonyl (C=O) groups excluding carboxylic acids is 3. The average molecular weight is 547 g/mol. The summed E-state index contributed by atoms with van der Waals surface area (Å²) >= 11 is 1.47. The van der Waals surface area contributed by atoms with E-state index >= 15 is 0 Å². The van der Waals surface area contributed by atoms with Crippen molar-refractivity contribution >= 4 is 41.0 Å². The van der Waals surface area contributed by atoms with Gasteiger partial charge in [0, 0.05) is 34.5 Å². The van der Waals surface area contributed by atoms with Crippen molar-refractivity contribution in [2.45, 2.75) is 43.8 Å². The van der Waals surface area contributed by atoms with Crippen molar-refractivity contribution in [1.29, 1.82) is 0 Å². The van der Waals surface area contributed by atoms with Gasteiger partial charge in [-0.3, -0.25) is 9.59 Å². The summed E-state index contributed by atoms with van der Waals surface area (Å²) in [6, 6.07) is 22.9. The van der Waals surface area contributed by atoms with Crippen LogP contribution < -0.4 is 20.3 Å². The summed E-state index contributed by atoms with van der Waals surface area (Å²) in [5, 5.41) is 5.57. The predicted octanol–water partition coefficient (Wildman–Crippen LogP) is 5.15. The maximum atomic E-state index is 13.8. The summed E-state index contributed by atoms with van der Waals surface area (Å²) in [6.45, 7) is 6.22. The van der Waals surface area contributed by atoms with Gasteiger partial charge in [-0.15, -0.1) is 11.8 Å². The third-order valence-electron chi connectivity index (χ3n) is 6.35. The molecule has 0 radical (unpaired) electrons. The van der Waals surface area contributed by atoms with E-state index < -0.39 is 17.6 Å². The number of amides is 4. The Morgan fingerprint density at radius 3 is 2.46 bits per heavy atom. The van der Waals surface area contributed by atoms with Crippen LogP contribution in [0.3, 0.4) is 0 Å². The highest BCUT2D eigenvalue weighted by molar-refractivity contribution is 7.99. The lowest BCUT2D eigenvalue weighted by Crippen LogP contribution is -2.54. The van der Waals surface area contributed by atoms with Crippen LogP contribution in [0.25, 0.3) is 0 Å². The quantitative estimate of drug-likeness (QED) is 0.428. The van der Waals surface area contributed by atoms with Crippen molar-refractivity contribution in [1.82, 2.24) is 10.2 Å². The molecule has 2 N–H and O–H groups in total. The molecule has 0 aliphatic carbocycles. The predicted molar refractivity (Wildman–Crippen MR) is 155 cm³/mol. The Morgan fingerprint density at radius 2 is 1.74 bits per heavy atom. The van der Waals surface area contributed by atoms with E-state index in [1.54, 1.807) is 36.3 Å². The second-order valence-corrected chi connectivity index (χ2v) is 11.3. The molecule has 1 heterocycles. The highest BCUT2D eigenvalue weighted by atomic mass is 32.2. The number of ether oxygens (including phenoxy) is 1. The zero-order chi connectivity index (χ0) is 28.0. The minimum absolute atomic E-state index is 0.143. The molecule has 0 saturated heterocycles. The van der Waals surface area contributed by atoms with Crippen molar-refractivity contribution in [3.05, 3.63) is 84.4 Å². The van der Waals surface area contributed by atoms with Gasteiger partial charge in [0.25, 0.3) is 5.91 Å². The Hall–Kier alpha value is -3.98. The molecular formula is C30H34N4O4S. The van der Waals surface area contributed by atoms with Crippen LogP contribution in [-0.4, -0.2) is 53.7 Å². The summed E-state index contributed by atoms with van der Waals surface area (Å²) in [7, 11) is 1.55. The number of hydrogen-bond acceptors (Lipinski definition) is 5. The number of carbonyl (C=O) groups is 3. The minimum atomic E-state index is -0.835. The van der Waals surface area contributed by atoms with Crippen LogP contribution in [0.2, 0.25) is 0 Å². The molecule has 39 heavy (non-hydrogen) atoms. The third-order valence-corrected chi connectivity index (χ3v) is 7.50. The normalized spacial score (nSPS) is 15.1. The van der Waals surface area contributed by atoms with Crippen LogP contribution in [0.4, 0.5) is 16.2 Å². The fraction of sp³-hybridized carbons (Fsp3) is 0.300. The number of nitrogens with one attached hydrogen (secondary N) is 2. The molecule has 0 bridgehead atoms. The molecule has 1 unspecified atom stereocenters. The lowest BCUT2D eigenvalue weighted by Gasteiger charge is -2.37. The molecule has 1 aliphatic rings. The second kappa shape index (κ2) is 12.3. The van der Waals surface area contributed by atoms with Gasteiger partial charge in [0.2, 0.25) is 5.91 Å². The van der Waals surface area contributed by atoms with E-state index in [1.807, 2.05) is 75.4 Å². The van der Waals surface area contributed by atoms with Gasteiger partial charge < -0.3 is 25.2 Å². The van der Waals surface area contributed by atoms with Crippen LogP contribution in [0.5, 0.6) is 5.75 Å². The monoisotopic (exact) mass is 546 g/mol. The van der Waals surface area contributed by atoms with Gasteiger partial charge >= 0.3 is 6.03 Å². The van der Waals surface area contributed by atoms with E-state index in [1.165, 1.54) is 16.7 Å². The van der Waals surface area contributed by atoms with Gasteiger partial charge in [-0.1, -0.05) is 48.5 Å². The van der Waals surface area contributed by atoms with Crippen LogP contribution in [0.15, 0.2) is 83.8 Å². The fourth-order valence-electron chi connectivity index (χ4n) is 4.33. The standard InChI is InChI=1S/C30H34N4O4S/c1-30(2,3)34(18-21-11-6-5-7-12-21)27(35)19-33-25-15-8-9-16-26(25)39-20-24(28(33)36)32-29(37)31-22-13-10-14-23(17-22)38-4/h5-17,24H,18-20H2,1-4H3,(H2,31,32,37). The number of para-hydroxylation sites is 1. The fourth-order valence-corrected chi connectivity index (χ4v) is 5.41. The zero-order valence-corrected chi connectivity index (χ0v) is 23.5. The number of nitrogens with zero attached hydrogens (tertiary/aromatic N) is 2. The molecule has 3 aromatic rings. The maximum Gasteiger partial charge on any atom is 0.319 e. The molecule has 1 atom stereocenters. The Labute approximate surface area is 233 Å². The first-order chi connectivity index (χ1) is 18.7. The van der Waals surface area contributed by atoms with Crippen molar-refractivity contribution in [3.8, 4) is 5.75 Å². The third kappa shape index (κ3) is 7.11. The van der Waals surface area contributed by atoms with Gasteiger partial charge in [0.1, 0.15) is 18.3 Å². The first-order valence-corrected chi connectivity index (χ1v) is 13.7. The highest BCUT2D eigenvalue weighted by Gasteiger charge is 2.35. The Kier molecular flexibility index (Phi) is 8.81.